The maximum Gasteiger partial charge on any atom is 0.269 e. The Morgan fingerprint density at radius 3 is 2.52 bits per heavy atom. The minimum absolute atomic E-state index is 0.0104. The van der Waals surface area contributed by atoms with Gasteiger partial charge < -0.3 is 10.2 Å². The molecule has 0 atom stereocenters. The molecule has 2 fully saturated rings. The van der Waals surface area contributed by atoms with Crippen LogP contribution in [0.25, 0.3) is 5.69 Å². The summed E-state index contributed by atoms with van der Waals surface area (Å²) in [6, 6.07) is 6.61. The first kappa shape index (κ1) is 17.7. The summed E-state index contributed by atoms with van der Waals surface area (Å²) in [5.41, 5.74) is 1.25. The van der Waals surface area contributed by atoms with Gasteiger partial charge in [-0.2, -0.15) is 5.10 Å². The van der Waals surface area contributed by atoms with Crippen molar-refractivity contribution in [3.8, 4) is 5.69 Å². The van der Waals surface area contributed by atoms with Gasteiger partial charge in [-0.1, -0.05) is 0 Å². The van der Waals surface area contributed by atoms with Crippen molar-refractivity contribution in [1.29, 1.82) is 0 Å². The molecule has 1 aromatic carbocycles. The lowest BCUT2D eigenvalue weighted by Gasteiger charge is -2.32. The van der Waals surface area contributed by atoms with E-state index in [1.807, 2.05) is 4.90 Å². The fourth-order valence-electron chi connectivity index (χ4n) is 3.43. The second-order valence-electron chi connectivity index (χ2n) is 7.37. The van der Waals surface area contributed by atoms with E-state index in [9.17, 15) is 14.9 Å². The van der Waals surface area contributed by atoms with Crippen molar-refractivity contribution in [2.45, 2.75) is 31.7 Å². The molecule has 1 aromatic heterocycles. The molecule has 8 heteroatoms. The Morgan fingerprint density at radius 1 is 1.19 bits per heavy atom. The largest absolute Gasteiger partial charge is 0.338 e. The predicted molar refractivity (Wildman–Crippen MR) is 99.9 cm³/mol. The fraction of sp³-hybridized carbons (Fsp3) is 0.474. The monoisotopic (exact) mass is 369 g/mol. The van der Waals surface area contributed by atoms with Crippen LogP contribution in [0.4, 0.5) is 5.69 Å². The topological polar surface area (TPSA) is 93.3 Å². The Kier molecular flexibility index (Phi) is 4.89. The van der Waals surface area contributed by atoms with Crippen LogP contribution in [-0.4, -0.2) is 51.2 Å². The Bertz CT molecular complexity index is 820. The van der Waals surface area contributed by atoms with Crippen LogP contribution in [0, 0.1) is 16.0 Å². The van der Waals surface area contributed by atoms with Crippen LogP contribution in [-0.2, 0) is 0 Å². The number of nitrogens with one attached hydrogen (secondary N) is 1. The Balaban J connectivity index is 1.35. The van der Waals surface area contributed by atoms with Crippen molar-refractivity contribution in [1.82, 2.24) is 20.0 Å². The van der Waals surface area contributed by atoms with Gasteiger partial charge in [-0.25, -0.2) is 4.68 Å². The molecule has 2 aliphatic rings. The molecule has 1 aliphatic heterocycles. The number of hydrogen-bond donors (Lipinski definition) is 1. The molecular weight excluding hydrogens is 346 g/mol. The number of amides is 1. The summed E-state index contributed by atoms with van der Waals surface area (Å²) in [5, 5.41) is 18.6. The molecule has 1 amide bonds. The zero-order chi connectivity index (χ0) is 18.8. The molecule has 0 radical (unpaired) electrons. The van der Waals surface area contributed by atoms with Crippen molar-refractivity contribution < 1.29 is 9.72 Å². The highest BCUT2D eigenvalue weighted by atomic mass is 16.6. The van der Waals surface area contributed by atoms with Crippen LogP contribution in [0.3, 0.4) is 0 Å². The number of carbonyl (C=O) groups is 1. The number of piperidine rings is 1. The molecule has 1 N–H and O–H groups in total. The van der Waals surface area contributed by atoms with Gasteiger partial charge >= 0.3 is 0 Å². The molecule has 0 unspecified atom stereocenters. The number of likely N-dealkylation sites (tertiary alicyclic amines) is 1. The third-order valence-corrected chi connectivity index (χ3v) is 5.33. The van der Waals surface area contributed by atoms with Crippen molar-refractivity contribution in [3.05, 3.63) is 52.3 Å². The van der Waals surface area contributed by atoms with Gasteiger partial charge in [-0.15, -0.1) is 0 Å². The summed E-state index contributed by atoms with van der Waals surface area (Å²) in [6.07, 6.45) is 7.90. The molecule has 2 heterocycles. The van der Waals surface area contributed by atoms with Crippen LogP contribution in [0.1, 0.15) is 36.0 Å². The molecule has 1 saturated carbocycles. The van der Waals surface area contributed by atoms with Crippen molar-refractivity contribution in [2.24, 2.45) is 5.92 Å². The first-order valence-corrected chi connectivity index (χ1v) is 9.42. The van der Waals surface area contributed by atoms with E-state index >= 15 is 0 Å². The molecule has 2 aromatic rings. The Labute approximate surface area is 157 Å². The summed E-state index contributed by atoms with van der Waals surface area (Å²) >= 11 is 0. The third kappa shape index (κ3) is 4.16. The van der Waals surface area contributed by atoms with Crippen LogP contribution in [0.2, 0.25) is 0 Å². The minimum atomic E-state index is -0.440. The maximum atomic E-state index is 12.7. The molecule has 8 nitrogen and oxygen atoms in total. The van der Waals surface area contributed by atoms with Crippen molar-refractivity contribution in [3.63, 3.8) is 0 Å². The number of non-ortho nitro benzene ring substituents is 1. The summed E-state index contributed by atoms with van der Waals surface area (Å²) in [4.78, 5) is 24.9. The third-order valence-electron chi connectivity index (χ3n) is 5.33. The number of benzene rings is 1. The molecule has 27 heavy (non-hydrogen) atoms. The highest BCUT2D eigenvalue weighted by Crippen LogP contribution is 2.28. The lowest BCUT2D eigenvalue weighted by Crippen LogP contribution is -2.45. The lowest BCUT2D eigenvalue weighted by atomic mass is 10.0. The average molecular weight is 369 g/mol. The van der Waals surface area contributed by atoms with Crippen LogP contribution in [0.15, 0.2) is 36.7 Å². The van der Waals surface area contributed by atoms with E-state index in [0.717, 1.165) is 38.4 Å². The zero-order valence-electron chi connectivity index (χ0n) is 15.1. The number of aromatic nitrogens is 2. The van der Waals surface area contributed by atoms with Gasteiger partial charge in [0.05, 0.1) is 22.4 Å². The van der Waals surface area contributed by atoms with Gasteiger partial charge in [0.2, 0.25) is 0 Å². The maximum absolute atomic E-state index is 12.7. The highest BCUT2D eigenvalue weighted by Gasteiger charge is 2.26. The average Bonchev–Trinajstić information content (AvgIpc) is 3.40. The van der Waals surface area contributed by atoms with E-state index in [2.05, 4.69) is 10.4 Å². The van der Waals surface area contributed by atoms with E-state index in [1.165, 1.54) is 25.0 Å². The van der Waals surface area contributed by atoms with Gasteiger partial charge in [0, 0.05) is 37.5 Å². The second kappa shape index (κ2) is 7.48. The van der Waals surface area contributed by atoms with Gasteiger partial charge in [0.15, 0.2) is 0 Å². The summed E-state index contributed by atoms with van der Waals surface area (Å²) < 4.78 is 1.57. The van der Waals surface area contributed by atoms with Crippen LogP contribution < -0.4 is 5.32 Å². The van der Waals surface area contributed by atoms with E-state index in [0.29, 0.717) is 17.3 Å². The van der Waals surface area contributed by atoms with Gasteiger partial charge in [0.1, 0.15) is 0 Å². The first-order valence-electron chi connectivity index (χ1n) is 9.42. The molecule has 0 bridgehead atoms. The van der Waals surface area contributed by atoms with Gasteiger partial charge in [-0.05, 0) is 50.3 Å². The number of carbonyl (C=O) groups excluding carboxylic acids is 1. The number of nitro groups is 1. The summed E-state index contributed by atoms with van der Waals surface area (Å²) in [7, 11) is 0. The van der Waals surface area contributed by atoms with Crippen molar-refractivity contribution >= 4 is 11.6 Å². The molecule has 4 rings (SSSR count). The number of hydrogen-bond acceptors (Lipinski definition) is 5. The number of nitrogens with zero attached hydrogens (tertiary/aromatic N) is 4. The van der Waals surface area contributed by atoms with Crippen LogP contribution >= 0.6 is 0 Å². The summed E-state index contributed by atoms with van der Waals surface area (Å²) in [6.45, 7) is 2.62. The fourth-order valence-corrected chi connectivity index (χ4v) is 3.43. The lowest BCUT2D eigenvalue weighted by molar-refractivity contribution is -0.384. The Morgan fingerprint density at radius 2 is 1.89 bits per heavy atom. The highest BCUT2D eigenvalue weighted by molar-refractivity contribution is 5.93. The second-order valence-corrected chi connectivity index (χ2v) is 7.37. The number of nitro benzene ring substituents is 1. The molecule has 0 spiro atoms. The minimum Gasteiger partial charge on any atom is -0.338 e. The van der Waals surface area contributed by atoms with Gasteiger partial charge in [0.25, 0.3) is 11.6 Å². The van der Waals surface area contributed by atoms with Gasteiger partial charge in [-0.3, -0.25) is 14.9 Å². The van der Waals surface area contributed by atoms with Crippen molar-refractivity contribution in [2.75, 3.05) is 19.6 Å². The van der Waals surface area contributed by atoms with E-state index in [4.69, 9.17) is 0 Å². The number of rotatable bonds is 6. The summed E-state index contributed by atoms with van der Waals surface area (Å²) in [5.74, 6) is 0.860. The quantitative estimate of drug-likeness (QED) is 0.623. The molecule has 1 aliphatic carbocycles. The van der Waals surface area contributed by atoms with E-state index in [-0.39, 0.29) is 11.6 Å². The molecule has 1 saturated heterocycles. The molecule has 142 valence electrons. The smallest absolute Gasteiger partial charge is 0.269 e. The van der Waals surface area contributed by atoms with E-state index < -0.39 is 4.92 Å². The predicted octanol–water partition coefficient (Wildman–Crippen LogP) is 2.38. The Hall–Kier alpha value is -2.74. The molecular formula is C19H23N5O3. The SMILES string of the molecule is O=C(c1cnn(-c2ccc([N+](=O)[O-])cc2)c1)N1CCC(NCC2CC2)CC1. The normalized spacial score (nSPS) is 17.9. The zero-order valence-corrected chi connectivity index (χ0v) is 15.1. The standard InChI is InChI=1S/C19H23N5O3/c25-19(22-9-7-16(8-10-22)20-11-14-1-2-14)15-12-21-23(13-15)17-3-5-18(6-4-17)24(26)27/h3-6,12-14,16,20H,1-2,7-11H2. The first-order chi connectivity index (χ1) is 13.1. The van der Waals surface area contributed by atoms with E-state index in [1.54, 1.807) is 29.2 Å². The van der Waals surface area contributed by atoms with Crippen LogP contribution in [0.5, 0.6) is 0 Å².